The van der Waals surface area contributed by atoms with Gasteiger partial charge in [0.05, 0.1) is 0 Å². The summed E-state index contributed by atoms with van der Waals surface area (Å²) < 4.78 is 25.2. The first-order valence-electron chi connectivity index (χ1n) is 4.10. The molecule has 0 saturated carbocycles. The van der Waals surface area contributed by atoms with Gasteiger partial charge in [0.2, 0.25) is 5.78 Å². The summed E-state index contributed by atoms with van der Waals surface area (Å²) in [4.78, 5) is 22.8. The fourth-order valence-corrected chi connectivity index (χ4v) is 1.26. The van der Waals surface area contributed by atoms with Gasteiger partial charge in [-0.2, -0.15) is 0 Å². The van der Waals surface area contributed by atoms with Gasteiger partial charge in [-0.3, -0.25) is 9.59 Å². The summed E-state index contributed by atoms with van der Waals surface area (Å²) in [6.07, 6.45) is -0.683. The van der Waals surface area contributed by atoms with E-state index >= 15 is 0 Å². The van der Waals surface area contributed by atoms with Crippen molar-refractivity contribution >= 4 is 11.7 Å². The SMILES string of the molecule is CC(=O)C(=O)N1CCC(F)(F)CC1. The minimum Gasteiger partial charge on any atom is -0.336 e. The number of Topliss-reactive ketones (excluding diaryl/α,β-unsaturated/α-hetero) is 1. The van der Waals surface area contributed by atoms with Gasteiger partial charge in [0, 0.05) is 32.9 Å². The van der Waals surface area contributed by atoms with Crippen LogP contribution in [0.15, 0.2) is 0 Å². The van der Waals surface area contributed by atoms with Crippen LogP contribution in [0.3, 0.4) is 0 Å². The average molecular weight is 191 g/mol. The molecule has 0 aromatic carbocycles. The van der Waals surface area contributed by atoms with E-state index in [1.165, 1.54) is 4.90 Å². The molecule has 1 fully saturated rings. The molecular weight excluding hydrogens is 180 g/mol. The van der Waals surface area contributed by atoms with Gasteiger partial charge in [-0.1, -0.05) is 0 Å². The third-order valence-corrected chi connectivity index (χ3v) is 2.08. The summed E-state index contributed by atoms with van der Waals surface area (Å²) in [5.74, 6) is -3.92. The summed E-state index contributed by atoms with van der Waals surface area (Å²) in [5, 5.41) is 0. The summed E-state index contributed by atoms with van der Waals surface area (Å²) >= 11 is 0. The van der Waals surface area contributed by atoms with Crippen molar-refractivity contribution in [1.82, 2.24) is 4.90 Å². The minimum atomic E-state index is -2.67. The zero-order chi connectivity index (χ0) is 10.1. The Labute approximate surface area is 74.7 Å². The number of carbonyl (C=O) groups excluding carboxylic acids is 2. The van der Waals surface area contributed by atoms with Crippen molar-refractivity contribution in [3.63, 3.8) is 0 Å². The monoisotopic (exact) mass is 191 g/mol. The zero-order valence-corrected chi connectivity index (χ0v) is 7.35. The van der Waals surface area contributed by atoms with Crippen molar-refractivity contribution in [3.05, 3.63) is 0 Å². The molecular formula is C8H11F2NO2. The van der Waals surface area contributed by atoms with Crippen LogP contribution in [0.1, 0.15) is 19.8 Å². The summed E-state index contributed by atoms with van der Waals surface area (Å²) in [6, 6.07) is 0. The molecule has 1 saturated heterocycles. The lowest BCUT2D eigenvalue weighted by molar-refractivity contribution is -0.147. The van der Waals surface area contributed by atoms with E-state index in [9.17, 15) is 18.4 Å². The van der Waals surface area contributed by atoms with Gasteiger partial charge < -0.3 is 4.90 Å². The van der Waals surface area contributed by atoms with E-state index in [2.05, 4.69) is 0 Å². The van der Waals surface area contributed by atoms with Crippen molar-refractivity contribution < 1.29 is 18.4 Å². The summed E-state index contributed by atoms with van der Waals surface area (Å²) in [5.41, 5.74) is 0. The van der Waals surface area contributed by atoms with Gasteiger partial charge in [-0.15, -0.1) is 0 Å². The van der Waals surface area contributed by atoms with Crippen molar-refractivity contribution in [3.8, 4) is 0 Å². The smallest absolute Gasteiger partial charge is 0.289 e. The van der Waals surface area contributed by atoms with Crippen molar-refractivity contribution in [2.45, 2.75) is 25.7 Å². The highest BCUT2D eigenvalue weighted by Gasteiger charge is 2.36. The summed E-state index contributed by atoms with van der Waals surface area (Å²) in [6.45, 7) is 1.10. The zero-order valence-electron chi connectivity index (χ0n) is 7.35. The highest BCUT2D eigenvalue weighted by atomic mass is 19.3. The van der Waals surface area contributed by atoms with E-state index < -0.39 is 17.6 Å². The van der Waals surface area contributed by atoms with Gasteiger partial charge in [0.1, 0.15) is 0 Å². The molecule has 1 amide bonds. The predicted octanol–water partition coefficient (Wildman–Crippen LogP) is 0.833. The van der Waals surface area contributed by atoms with E-state index in [0.717, 1.165) is 6.92 Å². The van der Waals surface area contributed by atoms with Gasteiger partial charge in [0.15, 0.2) is 0 Å². The molecule has 0 bridgehead atoms. The average Bonchev–Trinajstić information content (AvgIpc) is 2.03. The van der Waals surface area contributed by atoms with Crippen LogP contribution < -0.4 is 0 Å². The first-order valence-corrected chi connectivity index (χ1v) is 4.10. The van der Waals surface area contributed by atoms with Crippen molar-refractivity contribution in [1.29, 1.82) is 0 Å². The molecule has 3 nitrogen and oxygen atoms in total. The highest BCUT2D eigenvalue weighted by Crippen LogP contribution is 2.27. The van der Waals surface area contributed by atoms with E-state index in [1.807, 2.05) is 0 Å². The standard InChI is InChI=1S/C8H11F2NO2/c1-6(12)7(13)11-4-2-8(9,10)3-5-11/h2-5H2,1H3. The van der Waals surface area contributed by atoms with E-state index in [4.69, 9.17) is 0 Å². The Balaban J connectivity index is 2.50. The number of alkyl halides is 2. The van der Waals surface area contributed by atoms with Gasteiger partial charge >= 0.3 is 0 Å². The fourth-order valence-electron chi connectivity index (χ4n) is 1.26. The fraction of sp³-hybridized carbons (Fsp3) is 0.750. The molecule has 0 unspecified atom stereocenters. The van der Waals surface area contributed by atoms with Crippen LogP contribution in [-0.2, 0) is 9.59 Å². The maximum Gasteiger partial charge on any atom is 0.289 e. The molecule has 0 aromatic heterocycles. The second-order valence-electron chi connectivity index (χ2n) is 3.20. The molecule has 0 spiro atoms. The summed E-state index contributed by atoms with van der Waals surface area (Å²) in [7, 11) is 0. The maximum atomic E-state index is 12.6. The number of nitrogens with zero attached hydrogens (tertiary/aromatic N) is 1. The normalized spacial score (nSPS) is 21.3. The van der Waals surface area contributed by atoms with Crippen molar-refractivity contribution in [2.24, 2.45) is 0 Å². The molecule has 5 heteroatoms. The van der Waals surface area contributed by atoms with E-state index in [1.54, 1.807) is 0 Å². The lowest BCUT2D eigenvalue weighted by Gasteiger charge is -2.30. The number of ketones is 1. The third kappa shape index (κ3) is 2.47. The van der Waals surface area contributed by atoms with E-state index in [-0.39, 0.29) is 25.9 Å². The molecule has 1 heterocycles. The van der Waals surface area contributed by atoms with Gasteiger partial charge in [-0.25, -0.2) is 8.78 Å². The molecule has 74 valence electrons. The van der Waals surface area contributed by atoms with Crippen LogP contribution >= 0.6 is 0 Å². The quantitative estimate of drug-likeness (QED) is 0.576. The van der Waals surface area contributed by atoms with Crippen LogP contribution in [0.25, 0.3) is 0 Å². The minimum absolute atomic E-state index is 0.0224. The highest BCUT2D eigenvalue weighted by molar-refractivity contribution is 6.35. The first-order chi connectivity index (χ1) is 5.92. The van der Waals surface area contributed by atoms with Crippen LogP contribution in [-0.4, -0.2) is 35.6 Å². The Hall–Kier alpha value is -1.00. The first kappa shape index (κ1) is 10.1. The number of carbonyl (C=O) groups is 2. The molecule has 0 N–H and O–H groups in total. The van der Waals surface area contributed by atoms with Crippen LogP contribution in [0.5, 0.6) is 0 Å². The Morgan fingerprint density at radius 2 is 1.69 bits per heavy atom. The number of likely N-dealkylation sites (tertiary alicyclic amines) is 1. The van der Waals surface area contributed by atoms with Crippen LogP contribution in [0.2, 0.25) is 0 Å². The Morgan fingerprint density at radius 3 is 2.08 bits per heavy atom. The number of piperidine rings is 1. The van der Waals surface area contributed by atoms with Gasteiger partial charge in [-0.05, 0) is 0 Å². The number of amides is 1. The van der Waals surface area contributed by atoms with E-state index in [0.29, 0.717) is 0 Å². The number of rotatable bonds is 1. The second kappa shape index (κ2) is 3.40. The molecule has 1 rings (SSSR count). The number of hydrogen-bond acceptors (Lipinski definition) is 2. The lowest BCUT2D eigenvalue weighted by atomic mass is 10.1. The predicted molar refractivity (Wildman–Crippen MR) is 41.4 cm³/mol. The molecule has 1 aliphatic heterocycles. The third-order valence-electron chi connectivity index (χ3n) is 2.08. The number of hydrogen-bond donors (Lipinski definition) is 0. The Morgan fingerprint density at radius 1 is 1.23 bits per heavy atom. The molecule has 1 aliphatic rings. The van der Waals surface area contributed by atoms with Crippen molar-refractivity contribution in [2.75, 3.05) is 13.1 Å². The number of halogens is 2. The second-order valence-corrected chi connectivity index (χ2v) is 3.20. The molecule has 0 atom stereocenters. The molecule has 0 aliphatic carbocycles. The Bertz CT molecular complexity index is 230. The van der Waals surface area contributed by atoms with Gasteiger partial charge in [0.25, 0.3) is 11.8 Å². The van der Waals surface area contributed by atoms with Crippen LogP contribution in [0, 0.1) is 0 Å². The van der Waals surface area contributed by atoms with Crippen LogP contribution in [0.4, 0.5) is 8.78 Å². The largest absolute Gasteiger partial charge is 0.336 e. The lowest BCUT2D eigenvalue weighted by Crippen LogP contribution is -2.44. The molecule has 0 aromatic rings. The molecule has 0 radical (unpaired) electrons. The molecule has 13 heavy (non-hydrogen) atoms. The topological polar surface area (TPSA) is 37.4 Å². The Kier molecular flexibility index (Phi) is 2.63. The maximum absolute atomic E-state index is 12.6.